The van der Waals surface area contributed by atoms with Gasteiger partial charge in [-0.3, -0.25) is 14.4 Å². The number of hydrogen-bond donors (Lipinski definition) is 4. The molecule has 2 atom stereocenters. The van der Waals surface area contributed by atoms with E-state index in [2.05, 4.69) is 29.7 Å². The Morgan fingerprint density at radius 3 is 2.33 bits per heavy atom. The second-order valence-corrected chi connectivity index (χ2v) is 6.55. The van der Waals surface area contributed by atoms with E-state index in [1.165, 1.54) is 10.5 Å². The molecule has 5 N–H and O–H groups in total. The Kier molecular flexibility index (Phi) is 13.5. The van der Waals surface area contributed by atoms with Crippen molar-refractivity contribution >= 4 is 23.7 Å². The minimum Gasteiger partial charge on any atom is -0.480 e. The summed E-state index contributed by atoms with van der Waals surface area (Å²) in [5, 5.41) is 14.2. The Bertz CT molecular complexity index is 681. The van der Waals surface area contributed by atoms with E-state index in [0.717, 1.165) is 0 Å². The molecule has 1 aliphatic rings. The monoisotopic (exact) mass is 422 g/mol. The van der Waals surface area contributed by atoms with E-state index in [4.69, 9.17) is 10.8 Å². The van der Waals surface area contributed by atoms with Crippen LogP contribution in [0.25, 0.3) is 0 Å². The summed E-state index contributed by atoms with van der Waals surface area (Å²) < 4.78 is 0. The number of amides is 3. The van der Waals surface area contributed by atoms with Crippen molar-refractivity contribution in [2.45, 2.75) is 52.6 Å². The molecule has 9 nitrogen and oxygen atoms in total. The molecule has 30 heavy (non-hydrogen) atoms. The predicted octanol–water partition coefficient (Wildman–Crippen LogP) is 0.663. The van der Waals surface area contributed by atoms with Crippen LogP contribution in [0.5, 0.6) is 0 Å². The summed E-state index contributed by atoms with van der Waals surface area (Å²) in [5.41, 5.74) is 6.27. The van der Waals surface area contributed by atoms with Crippen molar-refractivity contribution in [2.75, 3.05) is 19.6 Å². The number of carbonyl (C=O) groups excluding carboxylic acids is 3. The zero-order valence-corrected chi connectivity index (χ0v) is 18.2. The molecule has 0 radical (unpaired) electrons. The third kappa shape index (κ3) is 11.2. The number of primary amides is 1. The molecule has 168 valence electrons. The van der Waals surface area contributed by atoms with Crippen LogP contribution in [0.2, 0.25) is 0 Å². The lowest BCUT2D eigenvalue weighted by molar-refractivity contribution is -0.143. The van der Waals surface area contributed by atoms with Gasteiger partial charge in [-0.05, 0) is 20.3 Å². The molecule has 0 bridgehead atoms. The molecular weight excluding hydrogens is 388 g/mol. The van der Waals surface area contributed by atoms with Crippen LogP contribution in [0.1, 0.15) is 39.2 Å². The van der Waals surface area contributed by atoms with Crippen LogP contribution in [-0.2, 0) is 19.2 Å². The first-order chi connectivity index (χ1) is 14.2. The van der Waals surface area contributed by atoms with Crippen LogP contribution in [-0.4, -0.2) is 65.4 Å². The Hall–Kier alpha value is -2.94. The van der Waals surface area contributed by atoms with Gasteiger partial charge in [0.1, 0.15) is 6.04 Å². The number of benzene rings is 1. The third-order valence-electron chi connectivity index (χ3n) is 4.10. The summed E-state index contributed by atoms with van der Waals surface area (Å²) in [7, 11) is 0. The lowest BCUT2D eigenvalue weighted by Crippen LogP contribution is -2.56. The average Bonchev–Trinajstić information content (AvgIpc) is 2.71. The summed E-state index contributed by atoms with van der Waals surface area (Å²) in [6.07, 6.45) is -0.219. The van der Waals surface area contributed by atoms with Crippen LogP contribution in [0.4, 0.5) is 0 Å². The van der Waals surface area contributed by atoms with Gasteiger partial charge in [-0.15, -0.1) is 0 Å². The topological polar surface area (TPSA) is 142 Å². The smallest absolute Gasteiger partial charge is 0.326 e. The van der Waals surface area contributed by atoms with Gasteiger partial charge in [0.2, 0.25) is 17.7 Å². The summed E-state index contributed by atoms with van der Waals surface area (Å²) >= 11 is 0. The molecule has 1 heterocycles. The van der Waals surface area contributed by atoms with Gasteiger partial charge in [-0.2, -0.15) is 0 Å². The van der Waals surface area contributed by atoms with Crippen LogP contribution >= 0.6 is 0 Å². The van der Waals surface area contributed by atoms with E-state index in [1.54, 1.807) is 6.92 Å². The number of hydrogen-bond acceptors (Lipinski definition) is 5. The van der Waals surface area contributed by atoms with Crippen molar-refractivity contribution in [1.29, 1.82) is 0 Å². The minimum absolute atomic E-state index is 0.0810. The molecule has 1 aliphatic heterocycles. The molecule has 0 aromatic heterocycles. The summed E-state index contributed by atoms with van der Waals surface area (Å²) in [6.45, 7) is 8.53. The Balaban J connectivity index is 0.000000775. The fraction of sp³-hybridized carbons (Fsp3) is 0.524. The molecular formula is C21H34N4O5. The maximum Gasteiger partial charge on any atom is 0.326 e. The van der Waals surface area contributed by atoms with Gasteiger partial charge >= 0.3 is 5.97 Å². The van der Waals surface area contributed by atoms with Crippen molar-refractivity contribution in [2.24, 2.45) is 5.73 Å². The number of aliphatic carboxylic acids is 1. The highest BCUT2D eigenvalue weighted by Crippen LogP contribution is 2.02. The maximum absolute atomic E-state index is 11.8. The minimum atomic E-state index is -1.25. The van der Waals surface area contributed by atoms with Gasteiger partial charge in [-0.25, -0.2) is 4.79 Å². The first-order valence-electron chi connectivity index (χ1n) is 10.0. The van der Waals surface area contributed by atoms with Crippen molar-refractivity contribution in [3.05, 3.63) is 35.9 Å². The molecule has 0 spiro atoms. The molecule has 0 aliphatic carbocycles. The van der Waals surface area contributed by atoms with E-state index in [0.29, 0.717) is 13.1 Å². The number of carbonyl (C=O) groups is 4. The molecule has 1 saturated heterocycles. The van der Waals surface area contributed by atoms with Crippen LogP contribution < -0.4 is 16.4 Å². The number of rotatable bonds is 7. The Morgan fingerprint density at radius 2 is 1.87 bits per heavy atom. The fourth-order valence-electron chi connectivity index (χ4n) is 2.54. The van der Waals surface area contributed by atoms with Gasteiger partial charge in [0.05, 0.1) is 12.6 Å². The number of carboxylic acid groups (broad SMARTS) is 1. The van der Waals surface area contributed by atoms with Crippen LogP contribution in [0, 0.1) is 6.92 Å². The van der Waals surface area contributed by atoms with Gasteiger partial charge in [0, 0.05) is 19.5 Å². The number of piperazine rings is 1. The van der Waals surface area contributed by atoms with Crippen LogP contribution in [0.15, 0.2) is 30.3 Å². The standard InChI is InChI=1S/C12H20N4O5.C7H8.C2H6/c1-7-11(19)16(5-4-14-7)6-10(18)15-8(12(20)21)2-3-9(13)17;1-7-5-3-2-4-6-7;1-2/h7-8,14H,2-6H2,1H3,(H2,13,17)(H,15,18)(H,20,21);2-6H,1H3;1-2H3. The van der Waals surface area contributed by atoms with Gasteiger partial charge in [-0.1, -0.05) is 49.7 Å². The fourth-order valence-corrected chi connectivity index (χ4v) is 2.54. The second-order valence-electron chi connectivity index (χ2n) is 6.55. The molecule has 0 saturated carbocycles. The lowest BCUT2D eigenvalue weighted by atomic mass is 10.1. The van der Waals surface area contributed by atoms with E-state index >= 15 is 0 Å². The van der Waals surface area contributed by atoms with E-state index in [9.17, 15) is 19.2 Å². The van der Waals surface area contributed by atoms with E-state index in [1.807, 2.05) is 32.0 Å². The highest BCUT2D eigenvalue weighted by atomic mass is 16.4. The quantitative estimate of drug-likeness (QED) is 0.509. The van der Waals surface area contributed by atoms with Gasteiger partial charge < -0.3 is 26.4 Å². The molecule has 1 aromatic carbocycles. The normalized spacial score (nSPS) is 16.2. The van der Waals surface area contributed by atoms with Crippen molar-refractivity contribution in [3.63, 3.8) is 0 Å². The first-order valence-corrected chi connectivity index (χ1v) is 10.0. The highest BCUT2D eigenvalue weighted by molar-refractivity contribution is 5.90. The van der Waals surface area contributed by atoms with Crippen molar-refractivity contribution in [3.8, 4) is 0 Å². The number of aryl methyl sites for hydroxylation is 1. The molecule has 2 unspecified atom stereocenters. The number of nitrogens with one attached hydrogen (secondary N) is 2. The Labute approximate surface area is 178 Å². The first kappa shape index (κ1) is 27.1. The Morgan fingerprint density at radius 1 is 1.27 bits per heavy atom. The van der Waals surface area contributed by atoms with Crippen LogP contribution in [0.3, 0.4) is 0 Å². The zero-order valence-electron chi connectivity index (χ0n) is 18.2. The number of nitrogens with two attached hydrogens (primary N) is 1. The molecule has 1 aromatic rings. The van der Waals surface area contributed by atoms with Crippen molar-refractivity contribution < 1.29 is 24.3 Å². The average molecular weight is 423 g/mol. The predicted molar refractivity (Wildman–Crippen MR) is 115 cm³/mol. The van der Waals surface area contributed by atoms with Gasteiger partial charge in [0.25, 0.3) is 0 Å². The summed E-state index contributed by atoms with van der Waals surface area (Å²) in [6, 6.07) is 8.70. The van der Waals surface area contributed by atoms with Crippen molar-refractivity contribution in [1.82, 2.24) is 15.5 Å². The molecule has 3 amide bonds. The van der Waals surface area contributed by atoms with E-state index < -0.39 is 23.8 Å². The zero-order chi connectivity index (χ0) is 23.1. The van der Waals surface area contributed by atoms with E-state index in [-0.39, 0.29) is 31.3 Å². The second kappa shape index (κ2) is 15.0. The summed E-state index contributed by atoms with van der Waals surface area (Å²) in [5.74, 6) is -2.67. The number of carboxylic acids is 1. The molecule has 1 fully saturated rings. The number of nitrogens with zero attached hydrogens (tertiary/aromatic N) is 1. The highest BCUT2D eigenvalue weighted by Gasteiger charge is 2.27. The molecule has 2 rings (SSSR count). The third-order valence-corrected chi connectivity index (χ3v) is 4.10. The lowest BCUT2D eigenvalue weighted by Gasteiger charge is -2.31. The summed E-state index contributed by atoms with van der Waals surface area (Å²) in [4.78, 5) is 46.6. The maximum atomic E-state index is 11.8. The molecule has 9 heteroatoms. The SMILES string of the molecule is CC.CC1NCCN(CC(=O)NC(CCC(N)=O)C(=O)O)C1=O.Cc1ccccc1. The van der Waals surface area contributed by atoms with Gasteiger partial charge in [0.15, 0.2) is 0 Å². The largest absolute Gasteiger partial charge is 0.480 e.